The van der Waals surface area contributed by atoms with Crippen LogP contribution in [0.15, 0.2) is 67.1 Å². The number of rotatable bonds is 9. The van der Waals surface area contributed by atoms with Crippen molar-refractivity contribution in [3.63, 3.8) is 0 Å². The molecule has 1 atom stereocenters. The summed E-state index contributed by atoms with van der Waals surface area (Å²) in [5.41, 5.74) is 2.16. The number of anilines is 2. The van der Waals surface area contributed by atoms with Crippen molar-refractivity contribution in [1.82, 2.24) is 30.0 Å². The number of carbonyl (C=O) groups excluding carboxylic acids is 2. The van der Waals surface area contributed by atoms with Crippen LogP contribution in [0.1, 0.15) is 78.8 Å². The normalized spacial score (nSPS) is 17.4. The predicted molar refractivity (Wildman–Crippen MR) is 182 cm³/mol. The topological polar surface area (TPSA) is 144 Å². The summed E-state index contributed by atoms with van der Waals surface area (Å²) in [4.78, 5) is 38.8. The Morgan fingerprint density at radius 3 is 2.26 bits per heavy atom. The van der Waals surface area contributed by atoms with Gasteiger partial charge in [0.15, 0.2) is 11.5 Å². The summed E-state index contributed by atoms with van der Waals surface area (Å²) in [6, 6.07) is 15.7. The highest BCUT2D eigenvalue weighted by Crippen LogP contribution is 2.27. The van der Waals surface area contributed by atoms with Gasteiger partial charge in [-0.3, -0.25) is 4.40 Å². The predicted octanol–water partition coefficient (Wildman–Crippen LogP) is 6.72. The molecule has 1 aliphatic carbocycles. The fraction of sp³-hybridized carbons (Fsp3) is 0.457. The number of alkyl carbamates (subject to hydrolysis) is 2. The fourth-order valence-corrected chi connectivity index (χ4v) is 5.53. The van der Waals surface area contributed by atoms with E-state index in [0.717, 1.165) is 42.6 Å². The molecule has 0 radical (unpaired) electrons. The minimum absolute atomic E-state index is 0.0891. The van der Waals surface area contributed by atoms with E-state index in [4.69, 9.17) is 19.4 Å². The monoisotopic (exact) mass is 642 g/mol. The third-order valence-corrected chi connectivity index (χ3v) is 7.60. The van der Waals surface area contributed by atoms with Gasteiger partial charge in [0, 0.05) is 31.0 Å². The van der Waals surface area contributed by atoms with E-state index in [1.54, 1.807) is 12.4 Å². The summed E-state index contributed by atoms with van der Waals surface area (Å²) < 4.78 is 12.8. The standard InChI is InChI=1S/C35H46N8O4/c1-34(2,3)46-32(44)38-21-27(23-11-8-7-9-12-23)42-29-14-10-13-26(41-29)28-22-37-31-30(36-19-20-43(28)31)39-24-15-17-25(18-16-24)40-33(45)47-35(4,5)6/h7-14,19-20,22,24-25,27H,15-18,21H2,1-6H3,(H,36,39)(H,38,44)(H,40,45)(H,41,42). The molecule has 47 heavy (non-hydrogen) atoms. The van der Waals surface area contributed by atoms with Crippen LogP contribution in [0.3, 0.4) is 0 Å². The Balaban J connectivity index is 1.26. The van der Waals surface area contributed by atoms with E-state index in [-0.39, 0.29) is 24.2 Å². The molecule has 1 aliphatic rings. The number of imidazole rings is 1. The van der Waals surface area contributed by atoms with Gasteiger partial charge in [0.25, 0.3) is 0 Å². The molecule has 3 aromatic heterocycles. The van der Waals surface area contributed by atoms with Gasteiger partial charge in [-0.15, -0.1) is 0 Å². The molecular formula is C35H46N8O4. The highest BCUT2D eigenvalue weighted by atomic mass is 16.6. The van der Waals surface area contributed by atoms with Gasteiger partial charge in [-0.1, -0.05) is 36.4 Å². The lowest BCUT2D eigenvalue weighted by Crippen LogP contribution is -2.42. The first-order chi connectivity index (χ1) is 22.3. The second-order valence-electron chi connectivity index (χ2n) is 13.9. The van der Waals surface area contributed by atoms with Crippen molar-refractivity contribution < 1.29 is 19.1 Å². The Morgan fingerprint density at radius 2 is 1.55 bits per heavy atom. The van der Waals surface area contributed by atoms with Gasteiger partial charge in [-0.2, -0.15) is 0 Å². The van der Waals surface area contributed by atoms with Crippen LogP contribution >= 0.6 is 0 Å². The van der Waals surface area contributed by atoms with Crippen molar-refractivity contribution in [3.05, 3.63) is 72.7 Å². The van der Waals surface area contributed by atoms with Gasteiger partial charge in [0.2, 0.25) is 0 Å². The second kappa shape index (κ2) is 14.3. The molecule has 4 aromatic rings. The molecule has 1 fully saturated rings. The lowest BCUT2D eigenvalue weighted by molar-refractivity contribution is 0.0488. The summed E-state index contributed by atoms with van der Waals surface area (Å²) in [6.07, 6.45) is 8.06. The van der Waals surface area contributed by atoms with Gasteiger partial charge in [0.1, 0.15) is 17.0 Å². The molecule has 0 aliphatic heterocycles. The minimum Gasteiger partial charge on any atom is -0.444 e. The first-order valence-corrected chi connectivity index (χ1v) is 16.2. The number of aromatic nitrogens is 4. The van der Waals surface area contributed by atoms with Crippen LogP contribution in [-0.2, 0) is 9.47 Å². The number of benzene rings is 1. The zero-order chi connectivity index (χ0) is 33.6. The van der Waals surface area contributed by atoms with E-state index in [1.807, 2.05) is 101 Å². The van der Waals surface area contributed by atoms with E-state index in [0.29, 0.717) is 23.8 Å². The average Bonchev–Trinajstić information content (AvgIpc) is 3.44. The zero-order valence-corrected chi connectivity index (χ0v) is 28.0. The minimum atomic E-state index is -0.589. The maximum Gasteiger partial charge on any atom is 0.407 e. The number of hydrogen-bond donors (Lipinski definition) is 4. The molecule has 4 N–H and O–H groups in total. The SMILES string of the molecule is CC(C)(C)OC(=O)NCC(Nc1cccc(-c2cnc3c(NC4CCC(NC(=O)OC(C)(C)C)CC4)nccn23)n1)c1ccccc1. The Hall–Kier alpha value is -4.87. The quantitative estimate of drug-likeness (QED) is 0.156. The Labute approximate surface area is 276 Å². The Kier molecular flexibility index (Phi) is 10.2. The number of carbonyl (C=O) groups is 2. The Morgan fingerprint density at radius 1 is 0.872 bits per heavy atom. The number of ether oxygens (including phenoxy) is 2. The summed E-state index contributed by atoms with van der Waals surface area (Å²) in [5, 5.41) is 12.9. The second-order valence-corrected chi connectivity index (χ2v) is 13.9. The molecular weight excluding hydrogens is 596 g/mol. The van der Waals surface area contributed by atoms with E-state index in [2.05, 4.69) is 26.3 Å². The molecule has 1 aromatic carbocycles. The zero-order valence-electron chi connectivity index (χ0n) is 28.0. The van der Waals surface area contributed by atoms with E-state index in [1.165, 1.54) is 0 Å². The molecule has 1 unspecified atom stereocenters. The number of fused-ring (bicyclic) bond motifs is 1. The fourth-order valence-electron chi connectivity index (χ4n) is 5.53. The van der Waals surface area contributed by atoms with Gasteiger partial charge >= 0.3 is 12.2 Å². The third-order valence-electron chi connectivity index (χ3n) is 7.60. The largest absolute Gasteiger partial charge is 0.444 e. The lowest BCUT2D eigenvalue weighted by atomic mass is 9.91. The summed E-state index contributed by atoms with van der Waals surface area (Å²) in [7, 11) is 0. The van der Waals surface area contributed by atoms with Crippen molar-refractivity contribution >= 4 is 29.5 Å². The van der Waals surface area contributed by atoms with Crippen molar-refractivity contribution in [2.24, 2.45) is 0 Å². The van der Waals surface area contributed by atoms with Crippen LogP contribution < -0.4 is 21.3 Å². The molecule has 0 bridgehead atoms. The number of nitrogens with one attached hydrogen (secondary N) is 4. The smallest absolute Gasteiger partial charge is 0.407 e. The van der Waals surface area contributed by atoms with E-state index < -0.39 is 17.3 Å². The van der Waals surface area contributed by atoms with Crippen molar-refractivity contribution in [2.75, 3.05) is 17.2 Å². The first-order valence-electron chi connectivity index (χ1n) is 16.2. The third kappa shape index (κ3) is 9.57. The maximum atomic E-state index is 12.4. The van der Waals surface area contributed by atoms with Crippen molar-refractivity contribution in [3.8, 4) is 11.4 Å². The summed E-state index contributed by atoms with van der Waals surface area (Å²) in [5.74, 6) is 1.36. The lowest BCUT2D eigenvalue weighted by Gasteiger charge is -2.30. The van der Waals surface area contributed by atoms with Crippen LogP contribution in [0.2, 0.25) is 0 Å². The molecule has 12 nitrogen and oxygen atoms in total. The van der Waals surface area contributed by atoms with Crippen molar-refractivity contribution in [2.45, 2.75) is 96.6 Å². The van der Waals surface area contributed by atoms with Crippen LogP contribution in [-0.4, -0.2) is 61.4 Å². The average molecular weight is 643 g/mol. The number of nitrogens with zero attached hydrogens (tertiary/aromatic N) is 4. The van der Waals surface area contributed by atoms with Crippen LogP contribution in [0.4, 0.5) is 21.2 Å². The van der Waals surface area contributed by atoms with E-state index >= 15 is 0 Å². The summed E-state index contributed by atoms with van der Waals surface area (Å²) in [6.45, 7) is 11.4. The summed E-state index contributed by atoms with van der Waals surface area (Å²) >= 11 is 0. The first kappa shape index (κ1) is 33.5. The van der Waals surface area contributed by atoms with Gasteiger partial charge in [-0.05, 0) is 84.9 Å². The number of hydrogen-bond acceptors (Lipinski definition) is 9. The molecule has 0 spiro atoms. The van der Waals surface area contributed by atoms with Gasteiger partial charge in [0.05, 0.1) is 23.6 Å². The highest BCUT2D eigenvalue weighted by Gasteiger charge is 2.26. The number of amides is 2. The van der Waals surface area contributed by atoms with Gasteiger partial charge in [-0.25, -0.2) is 24.5 Å². The number of pyridine rings is 1. The van der Waals surface area contributed by atoms with Gasteiger partial charge < -0.3 is 30.7 Å². The van der Waals surface area contributed by atoms with Crippen LogP contribution in [0.25, 0.3) is 17.0 Å². The van der Waals surface area contributed by atoms with Crippen LogP contribution in [0.5, 0.6) is 0 Å². The molecule has 3 heterocycles. The maximum absolute atomic E-state index is 12.4. The highest BCUT2D eigenvalue weighted by molar-refractivity contribution is 5.70. The molecule has 1 saturated carbocycles. The molecule has 5 rings (SSSR count). The van der Waals surface area contributed by atoms with E-state index in [9.17, 15) is 9.59 Å². The molecule has 2 amide bonds. The molecule has 0 saturated heterocycles. The Bertz CT molecular complexity index is 1650. The van der Waals surface area contributed by atoms with Crippen LogP contribution in [0, 0.1) is 0 Å². The molecule has 12 heteroatoms. The molecule has 250 valence electrons. The van der Waals surface area contributed by atoms with Crippen molar-refractivity contribution in [1.29, 1.82) is 0 Å².